The number of fused-ring (bicyclic) bond motifs is 3. The highest BCUT2D eigenvalue weighted by molar-refractivity contribution is 5.89. The average Bonchev–Trinajstić information content (AvgIpc) is 3.27. The van der Waals surface area contributed by atoms with Gasteiger partial charge in [-0.05, 0) is 98.7 Å². The summed E-state index contributed by atoms with van der Waals surface area (Å²) in [6, 6.07) is 12.6. The highest BCUT2D eigenvalue weighted by atomic mass is 19.1. The number of rotatable bonds is 5. The number of hydrogen-bond acceptors (Lipinski definition) is 3. The van der Waals surface area contributed by atoms with Crippen molar-refractivity contribution < 1.29 is 19.1 Å². The van der Waals surface area contributed by atoms with Gasteiger partial charge in [-0.1, -0.05) is 24.6 Å². The Balaban J connectivity index is 1.18. The molecule has 1 heterocycles. The number of urea groups is 2. The normalized spacial score (nSPS) is 24.5. The second kappa shape index (κ2) is 10.2. The number of halogens is 1. The van der Waals surface area contributed by atoms with Crippen LogP contribution in [-0.4, -0.2) is 51.7 Å². The highest BCUT2D eigenvalue weighted by Gasteiger charge is 2.45. The maximum Gasteiger partial charge on any atom is 0.322 e. The summed E-state index contributed by atoms with van der Waals surface area (Å²) in [6.07, 6.45) is 6.15. The van der Waals surface area contributed by atoms with Crippen LogP contribution >= 0.6 is 0 Å². The molecule has 3 aliphatic rings. The maximum atomic E-state index is 13.5. The molecule has 0 spiro atoms. The lowest BCUT2D eigenvalue weighted by Crippen LogP contribution is -2.58. The molecule has 5 rings (SSSR count). The Kier molecular flexibility index (Phi) is 7.11. The molecule has 2 aliphatic carbocycles. The van der Waals surface area contributed by atoms with E-state index in [2.05, 4.69) is 22.8 Å². The van der Waals surface area contributed by atoms with E-state index < -0.39 is 5.60 Å². The van der Waals surface area contributed by atoms with Crippen molar-refractivity contribution in [2.45, 2.75) is 82.5 Å². The van der Waals surface area contributed by atoms with Crippen LogP contribution in [0, 0.1) is 11.7 Å². The number of hydrogen-bond donors (Lipinski definition) is 3. The van der Waals surface area contributed by atoms with Crippen LogP contribution in [0.2, 0.25) is 0 Å². The molecule has 7 nitrogen and oxygen atoms in total. The minimum absolute atomic E-state index is 0.113. The zero-order valence-corrected chi connectivity index (χ0v) is 22.6. The third-order valence-electron chi connectivity index (χ3n) is 8.50. The fourth-order valence-electron chi connectivity index (χ4n) is 6.76. The molecule has 0 aromatic heterocycles. The molecule has 4 amide bonds. The molecule has 38 heavy (non-hydrogen) atoms. The lowest BCUT2D eigenvalue weighted by atomic mass is 9.61. The summed E-state index contributed by atoms with van der Waals surface area (Å²) in [7, 11) is 1.73. The number of carbonyl (C=O) groups is 2. The number of benzene rings is 2. The van der Waals surface area contributed by atoms with Gasteiger partial charge in [0.15, 0.2) is 0 Å². The van der Waals surface area contributed by atoms with Gasteiger partial charge in [0.2, 0.25) is 0 Å². The SMILES string of the molecule is CN(CC(C)(C)O)C(=O)NC12CCCC(C1)C(c1ccc(NC(=O)N3Cc4ccc(F)cc4C3)cc1)CC2. The van der Waals surface area contributed by atoms with Crippen molar-refractivity contribution in [1.29, 1.82) is 0 Å². The molecule has 3 N–H and O–H groups in total. The van der Waals surface area contributed by atoms with Crippen LogP contribution in [0.3, 0.4) is 0 Å². The monoisotopic (exact) mass is 522 g/mol. The minimum atomic E-state index is -0.930. The molecular weight excluding hydrogens is 483 g/mol. The first kappa shape index (κ1) is 26.5. The molecule has 2 fully saturated rings. The van der Waals surface area contributed by atoms with Crippen molar-refractivity contribution in [1.82, 2.24) is 15.1 Å². The summed E-state index contributed by atoms with van der Waals surface area (Å²) in [4.78, 5) is 29.0. The van der Waals surface area contributed by atoms with Gasteiger partial charge in [0.1, 0.15) is 5.82 Å². The van der Waals surface area contributed by atoms with Crippen molar-refractivity contribution >= 4 is 17.7 Å². The number of nitrogens with zero attached hydrogens (tertiary/aromatic N) is 2. The second-order valence-corrected chi connectivity index (χ2v) is 12.2. The minimum Gasteiger partial charge on any atom is -0.389 e. The summed E-state index contributed by atoms with van der Waals surface area (Å²) in [5.74, 6) is 0.656. The summed E-state index contributed by atoms with van der Waals surface area (Å²) in [6.45, 7) is 4.59. The average molecular weight is 523 g/mol. The van der Waals surface area contributed by atoms with Crippen LogP contribution in [0.15, 0.2) is 42.5 Å². The number of likely N-dealkylation sites (N-methyl/N-ethyl adjacent to an activating group) is 1. The predicted molar refractivity (Wildman–Crippen MR) is 145 cm³/mol. The third-order valence-corrected chi connectivity index (χ3v) is 8.50. The summed E-state index contributed by atoms with van der Waals surface area (Å²) >= 11 is 0. The van der Waals surface area contributed by atoms with Gasteiger partial charge in [-0.2, -0.15) is 0 Å². The molecule has 204 valence electrons. The Bertz CT molecular complexity index is 1190. The number of anilines is 1. The Hall–Kier alpha value is -3.13. The third kappa shape index (κ3) is 5.80. The number of nitrogens with one attached hydrogen (secondary N) is 2. The zero-order chi connectivity index (χ0) is 27.1. The number of carbonyl (C=O) groups excluding carboxylic acids is 2. The van der Waals surface area contributed by atoms with Gasteiger partial charge in [-0.15, -0.1) is 0 Å². The molecule has 0 saturated heterocycles. The predicted octanol–water partition coefficient (Wildman–Crippen LogP) is 5.59. The van der Waals surface area contributed by atoms with Gasteiger partial charge >= 0.3 is 12.1 Å². The van der Waals surface area contributed by atoms with Crippen molar-refractivity contribution in [3.8, 4) is 0 Å². The van der Waals surface area contributed by atoms with Gasteiger partial charge in [0, 0.05) is 31.4 Å². The topological polar surface area (TPSA) is 84.9 Å². The van der Waals surface area contributed by atoms with E-state index in [9.17, 15) is 19.1 Å². The quantitative estimate of drug-likeness (QED) is 0.478. The first-order chi connectivity index (χ1) is 18.0. The maximum absolute atomic E-state index is 13.5. The van der Waals surface area contributed by atoms with E-state index >= 15 is 0 Å². The van der Waals surface area contributed by atoms with E-state index in [1.807, 2.05) is 12.1 Å². The molecule has 1 aliphatic heterocycles. The van der Waals surface area contributed by atoms with Crippen molar-refractivity contribution in [2.75, 3.05) is 18.9 Å². The van der Waals surface area contributed by atoms with E-state index in [1.54, 1.807) is 36.8 Å². The fourth-order valence-corrected chi connectivity index (χ4v) is 6.76. The molecular formula is C30H39FN4O3. The van der Waals surface area contributed by atoms with Crippen LogP contribution in [0.4, 0.5) is 19.7 Å². The van der Waals surface area contributed by atoms with Crippen molar-refractivity contribution in [3.63, 3.8) is 0 Å². The van der Waals surface area contributed by atoms with Gasteiger partial charge < -0.3 is 25.5 Å². The Morgan fingerprint density at radius 3 is 2.58 bits per heavy atom. The summed E-state index contributed by atoms with van der Waals surface area (Å²) in [5, 5.41) is 16.4. The molecule has 0 radical (unpaired) electrons. The molecule has 2 aromatic carbocycles. The van der Waals surface area contributed by atoms with Crippen LogP contribution in [-0.2, 0) is 13.1 Å². The van der Waals surface area contributed by atoms with Gasteiger partial charge in [0.05, 0.1) is 12.1 Å². The molecule has 2 saturated carbocycles. The molecule has 3 unspecified atom stereocenters. The van der Waals surface area contributed by atoms with Crippen molar-refractivity contribution in [2.24, 2.45) is 5.92 Å². The zero-order valence-electron chi connectivity index (χ0n) is 22.6. The van der Waals surface area contributed by atoms with E-state index in [0.29, 0.717) is 24.9 Å². The molecule has 8 heteroatoms. The summed E-state index contributed by atoms with van der Waals surface area (Å²) in [5.41, 5.74) is 2.76. The van der Waals surface area contributed by atoms with Crippen LogP contribution < -0.4 is 10.6 Å². The van der Waals surface area contributed by atoms with Crippen LogP contribution in [0.25, 0.3) is 0 Å². The fraction of sp³-hybridized carbons (Fsp3) is 0.533. The van der Waals surface area contributed by atoms with E-state index in [4.69, 9.17) is 0 Å². The van der Waals surface area contributed by atoms with E-state index in [-0.39, 0.29) is 30.0 Å². The largest absolute Gasteiger partial charge is 0.389 e. The van der Waals surface area contributed by atoms with Gasteiger partial charge in [0.25, 0.3) is 0 Å². The highest BCUT2D eigenvalue weighted by Crippen LogP contribution is 2.49. The standard InChI is InChI=1S/C30H39FN4O3/c1-29(2,38)19-34(3)28(37)33-30-13-4-5-21(16-30)26(12-14-30)20-7-10-25(11-8-20)32-27(36)35-17-22-6-9-24(31)15-23(22)18-35/h6-11,15,21,26,38H,4-5,12-14,16-19H2,1-3H3,(H,32,36)(H,33,37). The van der Waals surface area contributed by atoms with E-state index in [0.717, 1.165) is 55.3 Å². The lowest BCUT2D eigenvalue weighted by molar-refractivity contribution is 0.0474. The first-order valence-electron chi connectivity index (χ1n) is 13.7. The second-order valence-electron chi connectivity index (χ2n) is 12.2. The lowest BCUT2D eigenvalue weighted by Gasteiger charge is -2.49. The smallest absolute Gasteiger partial charge is 0.322 e. The van der Waals surface area contributed by atoms with Gasteiger partial charge in [-0.3, -0.25) is 0 Å². The van der Waals surface area contributed by atoms with Crippen molar-refractivity contribution in [3.05, 3.63) is 65.0 Å². The first-order valence-corrected chi connectivity index (χ1v) is 13.7. The van der Waals surface area contributed by atoms with E-state index in [1.165, 1.54) is 17.7 Å². The Morgan fingerprint density at radius 1 is 1.11 bits per heavy atom. The molecule has 2 bridgehead atoms. The van der Waals surface area contributed by atoms with Crippen LogP contribution in [0.5, 0.6) is 0 Å². The number of aliphatic hydroxyl groups is 1. The van der Waals surface area contributed by atoms with Gasteiger partial charge in [-0.25, -0.2) is 14.0 Å². The summed E-state index contributed by atoms with van der Waals surface area (Å²) < 4.78 is 13.5. The number of amides is 4. The molecule has 2 aromatic rings. The Labute approximate surface area is 224 Å². The Morgan fingerprint density at radius 2 is 1.84 bits per heavy atom. The van der Waals surface area contributed by atoms with Crippen LogP contribution in [0.1, 0.15) is 75.0 Å². The molecule has 3 atom stereocenters.